The number of rotatable bonds is 2. The molecular formula is C8H5F3INO3. The molecule has 1 N–H and O–H groups in total. The van der Waals surface area contributed by atoms with Gasteiger partial charge in [0.05, 0.1) is 5.69 Å². The Bertz CT molecular complexity index is 433. The van der Waals surface area contributed by atoms with Crippen molar-refractivity contribution < 1.29 is 27.8 Å². The van der Waals surface area contributed by atoms with Crippen molar-refractivity contribution in [3.05, 3.63) is 21.0 Å². The van der Waals surface area contributed by atoms with Gasteiger partial charge in [-0.2, -0.15) is 0 Å². The average molecular weight is 347 g/mol. The summed E-state index contributed by atoms with van der Waals surface area (Å²) in [4.78, 5) is 14.4. The lowest BCUT2D eigenvalue weighted by molar-refractivity contribution is -0.275. The van der Waals surface area contributed by atoms with Crippen LogP contribution in [-0.4, -0.2) is 22.4 Å². The molecule has 0 atom stereocenters. The summed E-state index contributed by atoms with van der Waals surface area (Å²) >= 11 is 1.71. The van der Waals surface area contributed by atoms with E-state index in [0.29, 0.717) is 0 Å². The van der Waals surface area contributed by atoms with Gasteiger partial charge in [0.25, 0.3) is 0 Å². The Morgan fingerprint density at radius 3 is 2.56 bits per heavy atom. The highest BCUT2D eigenvalue weighted by Gasteiger charge is 2.34. The highest BCUT2D eigenvalue weighted by molar-refractivity contribution is 14.1. The summed E-state index contributed by atoms with van der Waals surface area (Å²) in [6.45, 7) is 1.25. The molecule has 0 fully saturated rings. The van der Waals surface area contributed by atoms with Crippen LogP contribution in [0.4, 0.5) is 13.2 Å². The molecule has 8 heteroatoms. The largest absolute Gasteiger partial charge is 0.573 e. The van der Waals surface area contributed by atoms with Crippen LogP contribution in [-0.2, 0) is 0 Å². The summed E-state index contributed by atoms with van der Waals surface area (Å²) < 4.78 is 40.0. The van der Waals surface area contributed by atoms with E-state index in [0.717, 1.165) is 6.07 Å². The Hall–Kier alpha value is -1.06. The quantitative estimate of drug-likeness (QED) is 0.660. The highest BCUT2D eigenvalue weighted by Crippen LogP contribution is 2.29. The van der Waals surface area contributed by atoms with Gasteiger partial charge in [-0.15, -0.1) is 13.2 Å². The molecular weight excluding hydrogens is 342 g/mol. The van der Waals surface area contributed by atoms with E-state index in [1.54, 1.807) is 22.6 Å². The molecule has 0 bridgehead atoms. The van der Waals surface area contributed by atoms with E-state index in [9.17, 15) is 18.0 Å². The van der Waals surface area contributed by atoms with Gasteiger partial charge in [0, 0.05) is 0 Å². The molecule has 0 saturated carbocycles. The molecule has 16 heavy (non-hydrogen) atoms. The maximum Gasteiger partial charge on any atom is 0.573 e. The van der Waals surface area contributed by atoms with Crippen LogP contribution in [0.3, 0.4) is 0 Å². The van der Waals surface area contributed by atoms with E-state index >= 15 is 0 Å². The van der Waals surface area contributed by atoms with E-state index in [1.807, 2.05) is 0 Å². The van der Waals surface area contributed by atoms with E-state index in [-0.39, 0.29) is 9.39 Å². The van der Waals surface area contributed by atoms with Crippen molar-refractivity contribution in [3.63, 3.8) is 0 Å². The van der Waals surface area contributed by atoms with Gasteiger partial charge in [-0.1, -0.05) is 0 Å². The fourth-order valence-corrected chi connectivity index (χ4v) is 1.70. The number of ether oxygens (including phenoxy) is 1. The molecule has 0 saturated heterocycles. The van der Waals surface area contributed by atoms with Crippen LogP contribution in [0.25, 0.3) is 0 Å². The summed E-state index contributed by atoms with van der Waals surface area (Å²) in [6.07, 6.45) is -4.94. The topological polar surface area (TPSA) is 59.4 Å². The number of carbonyl (C=O) groups is 1. The predicted molar refractivity (Wildman–Crippen MR) is 55.3 cm³/mol. The molecule has 0 aliphatic carbocycles. The number of aromatic nitrogens is 1. The number of alkyl halides is 3. The van der Waals surface area contributed by atoms with Crippen molar-refractivity contribution in [2.24, 2.45) is 0 Å². The minimum atomic E-state index is -4.94. The van der Waals surface area contributed by atoms with E-state index < -0.39 is 23.6 Å². The molecule has 0 radical (unpaired) electrons. The molecule has 1 aromatic rings. The SMILES string of the molecule is Cc1nc(I)cc(C(=O)O)c1OC(F)(F)F. The first kappa shape index (κ1) is 13.0. The van der Waals surface area contributed by atoms with Crippen LogP contribution in [0.15, 0.2) is 6.07 Å². The van der Waals surface area contributed by atoms with Crippen molar-refractivity contribution in [3.8, 4) is 5.75 Å². The zero-order chi connectivity index (χ0) is 12.5. The Kier molecular flexibility index (Phi) is 3.61. The monoisotopic (exact) mass is 347 g/mol. The standard InChI is InChI=1S/C8H5F3INO3/c1-3-6(16-8(9,10)11)4(7(14)15)2-5(12)13-3/h2H,1H3,(H,14,15). The number of nitrogens with zero attached hydrogens (tertiary/aromatic N) is 1. The average Bonchev–Trinajstić information content (AvgIpc) is 2.07. The van der Waals surface area contributed by atoms with E-state index in [4.69, 9.17) is 5.11 Å². The van der Waals surface area contributed by atoms with Crippen molar-refractivity contribution in [2.75, 3.05) is 0 Å². The summed E-state index contributed by atoms with van der Waals surface area (Å²) in [5.74, 6) is -2.27. The number of hydrogen-bond acceptors (Lipinski definition) is 3. The summed E-state index contributed by atoms with van der Waals surface area (Å²) in [5, 5.41) is 8.73. The third-order valence-corrected chi connectivity index (χ3v) is 2.11. The molecule has 4 nitrogen and oxygen atoms in total. The number of aryl methyl sites for hydroxylation is 1. The molecule has 1 rings (SSSR count). The Morgan fingerprint density at radius 1 is 1.56 bits per heavy atom. The van der Waals surface area contributed by atoms with E-state index in [2.05, 4.69) is 9.72 Å². The number of hydrogen-bond donors (Lipinski definition) is 1. The maximum absolute atomic E-state index is 12.0. The van der Waals surface area contributed by atoms with Gasteiger partial charge in [-0.25, -0.2) is 9.78 Å². The number of pyridine rings is 1. The van der Waals surface area contributed by atoms with Crippen LogP contribution < -0.4 is 4.74 Å². The van der Waals surface area contributed by atoms with Gasteiger partial charge in [0.15, 0.2) is 5.75 Å². The molecule has 0 aromatic carbocycles. The van der Waals surface area contributed by atoms with Crippen molar-refractivity contribution in [2.45, 2.75) is 13.3 Å². The van der Waals surface area contributed by atoms with Crippen LogP contribution in [0.5, 0.6) is 5.75 Å². The van der Waals surface area contributed by atoms with Gasteiger partial charge in [0.1, 0.15) is 9.26 Å². The lowest BCUT2D eigenvalue weighted by atomic mass is 10.2. The van der Waals surface area contributed by atoms with Crippen molar-refractivity contribution >= 4 is 28.6 Å². The van der Waals surface area contributed by atoms with Gasteiger partial charge in [-0.3, -0.25) is 0 Å². The number of halogens is 4. The molecule has 0 unspecified atom stereocenters. The lowest BCUT2D eigenvalue weighted by Crippen LogP contribution is -2.20. The van der Waals surface area contributed by atoms with Crippen LogP contribution >= 0.6 is 22.6 Å². The van der Waals surface area contributed by atoms with Crippen LogP contribution in [0.1, 0.15) is 16.1 Å². The third-order valence-electron chi connectivity index (χ3n) is 1.56. The van der Waals surface area contributed by atoms with Gasteiger partial charge in [0.2, 0.25) is 0 Å². The molecule has 1 heterocycles. The van der Waals surface area contributed by atoms with Crippen molar-refractivity contribution in [1.82, 2.24) is 4.98 Å². The van der Waals surface area contributed by atoms with Gasteiger partial charge < -0.3 is 9.84 Å². The first-order valence-corrected chi connectivity index (χ1v) is 4.95. The highest BCUT2D eigenvalue weighted by atomic mass is 127. The molecule has 0 aliphatic heterocycles. The van der Waals surface area contributed by atoms with Crippen LogP contribution in [0.2, 0.25) is 0 Å². The smallest absolute Gasteiger partial charge is 0.478 e. The zero-order valence-electron chi connectivity index (χ0n) is 7.80. The molecule has 0 spiro atoms. The van der Waals surface area contributed by atoms with E-state index in [1.165, 1.54) is 6.92 Å². The Balaban J connectivity index is 3.30. The fourth-order valence-electron chi connectivity index (χ4n) is 1.03. The second kappa shape index (κ2) is 4.44. The second-order valence-electron chi connectivity index (χ2n) is 2.76. The summed E-state index contributed by atoms with van der Waals surface area (Å²) in [7, 11) is 0. The minimum Gasteiger partial charge on any atom is -0.478 e. The molecule has 88 valence electrons. The first-order chi connectivity index (χ1) is 7.20. The number of carboxylic acid groups (broad SMARTS) is 1. The normalized spacial score (nSPS) is 11.3. The molecule has 0 amide bonds. The van der Waals surface area contributed by atoms with Gasteiger partial charge >= 0.3 is 12.3 Å². The van der Waals surface area contributed by atoms with Crippen molar-refractivity contribution in [1.29, 1.82) is 0 Å². The fraction of sp³-hybridized carbons (Fsp3) is 0.250. The number of carboxylic acids is 1. The minimum absolute atomic E-state index is 0.123. The molecule has 0 aliphatic rings. The maximum atomic E-state index is 12.0. The molecule has 1 aromatic heterocycles. The predicted octanol–water partition coefficient (Wildman–Crippen LogP) is 2.59. The summed E-state index contributed by atoms with van der Waals surface area (Å²) in [5.41, 5.74) is -0.684. The Labute approximate surface area is 102 Å². The lowest BCUT2D eigenvalue weighted by Gasteiger charge is -2.13. The Morgan fingerprint density at radius 2 is 2.12 bits per heavy atom. The first-order valence-electron chi connectivity index (χ1n) is 3.87. The zero-order valence-corrected chi connectivity index (χ0v) is 9.96. The van der Waals surface area contributed by atoms with Gasteiger partial charge in [-0.05, 0) is 35.6 Å². The third kappa shape index (κ3) is 3.22. The second-order valence-corrected chi connectivity index (χ2v) is 3.87. The number of aromatic carboxylic acids is 1. The summed E-state index contributed by atoms with van der Waals surface area (Å²) in [6, 6.07) is 1.01. The van der Waals surface area contributed by atoms with Crippen LogP contribution in [0, 0.1) is 10.6 Å².